The number of piperidine rings is 1. The van der Waals surface area contributed by atoms with E-state index in [-0.39, 0.29) is 0 Å². The minimum absolute atomic E-state index is 0.690. The van der Waals surface area contributed by atoms with E-state index in [2.05, 4.69) is 29.6 Å². The lowest BCUT2D eigenvalue weighted by molar-refractivity contribution is 0.348. The van der Waals surface area contributed by atoms with Gasteiger partial charge in [-0.1, -0.05) is 18.2 Å². The van der Waals surface area contributed by atoms with Gasteiger partial charge in [-0.2, -0.15) is 0 Å². The molecule has 0 saturated carbocycles. The Labute approximate surface area is 97.0 Å². The highest BCUT2D eigenvalue weighted by Gasteiger charge is 2.34. The highest BCUT2D eigenvalue weighted by atomic mass is 16.5. The van der Waals surface area contributed by atoms with Gasteiger partial charge < -0.3 is 10.1 Å². The van der Waals surface area contributed by atoms with Crippen LogP contribution in [-0.2, 0) is 0 Å². The molecule has 2 saturated heterocycles. The average Bonchev–Trinajstić information content (AvgIpc) is 2.68. The summed E-state index contributed by atoms with van der Waals surface area (Å²) in [6.07, 6.45) is 5.26. The number of hydrogen-bond acceptors (Lipinski definition) is 2. The first-order valence-corrected chi connectivity index (χ1v) is 6.26. The Morgan fingerprint density at radius 1 is 1.12 bits per heavy atom. The quantitative estimate of drug-likeness (QED) is 0.822. The van der Waals surface area contributed by atoms with Gasteiger partial charge in [0.15, 0.2) is 0 Å². The maximum Gasteiger partial charge on any atom is 0.122 e. The van der Waals surface area contributed by atoms with E-state index in [9.17, 15) is 0 Å². The predicted molar refractivity (Wildman–Crippen MR) is 64.9 cm³/mol. The predicted octanol–water partition coefficient (Wildman–Crippen LogP) is 2.69. The molecule has 2 bridgehead atoms. The fourth-order valence-corrected chi connectivity index (χ4v) is 3.31. The fourth-order valence-electron chi connectivity index (χ4n) is 3.31. The van der Waals surface area contributed by atoms with Crippen molar-refractivity contribution in [1.82, 2.24) is 5.32 Å². The maximum absolute atomic E-state index is 5.47. The van der Waals surface area contributed by atoms with Crippen LogP contribution >= 0.6 is 0 Å². The second-order valence-corrected chi connectivity index (χ2v) is 5.05. The summed E-state index contributed by atoms with van der Waals surface area (Å²) in [5.74, 6) is 1.75. The molecule has 2 nitrogen and oxygen atoms in total. The van der Waals surface area contributed by atoms with Crippen molar-refractivity contribution in [2.24, 2.45) is 0 Å². The first-order valence-electron chi connectivity index (χ1n) is 6.26. The van der Waals surface area contributed by atoms with E-state index in [4.69, 9.17) is 4.74 Å². The topological polar surface area (TPSA) is 21.3 Å². The molecule has 0 aliphatic carbocycles. The van der Waals surface area contributed by atoms with Gasteiger partial charge in [0, 0.05) is 12.1 Å². The van der Waals surface area contributed by atoms with E-state index in [1.165, 1.54) is 31.2 Å². The number of rotatable bonds is 2. The van der Waals surface area contributed by atoms with Crippen LogP contribution in [0.25, 0.3) is 0 Å². The molecule has 3 atom stereocenters. The van der Waals surface area contributed by atoms with Crippen LogP contribution in [0.2, 0.25) is 0 Å². The minimum Gasteiger partial charge on any atom is -0.496 e. The lowest BCUT2D eigenvalue weighted by Crippen LogP contribution is -2.37. The summed E-state index contributed by atoms with van der Waals surface area (Å²) in [6.45, 7) is 0. The van der Waals surface area contributed by atoms with E-state index in [0.717, 1.165) is 17.8 Å². The van der Waals surface area contributed by atoms with Gasteiger partial charge in [-0.3, -0.25) is 0 Å². The average molecular weight is 217 g/mol. The minimum atomic E-state index is 0.690. The number of nitrogens with one attached hydrogen (secondary N) is 1. The standard InChI is InChI=1S/C14H19NO/c1-16-14-5-3-2-4-13(14)10-8-11-6-7-12(9-10)15-11/h2-5,10-12,15H,6-9H2,1H3/t10-,11+,12-. The van der Waals surface area contributed by atoms with Crippen LogP contribution in [0.15, 0.2) is 24.3 Å². The molecule has 1 aromatic rings. The first-order chi connectivity index (χ1) is 7.86. The molecule has 0 aromatic heterocycles. The maximum atomic E-state index is 5.47. The number of para-hydroxylation sites is 1. The second-order valence-electron chi connectivity index (χ2n) is 5.05. The van der Waals surface area contributed by atoms with Crippen LogP contribution in [-0.4, -0.2) is 19.2 Å². The lowest BCUT2D eigenvalue weighted by atomic mass is 9.86. The zero-order chi connectivity index (χ0) is 11.0. The number of ether oxygens (including phenoxy) is 1. The van der Waals surface area contributed by atoms with E-state index in [1.807, 2.05) is 0 Å². The summed E-state index contributed by atoms with van der Waals surface area (Å²) in [7, 11) is 1.77. The number of hydrogen-bond donors (Lipinski definition) is 1. The molecular formula is C14H19NO. The third kappa shape index (κ3) is 1.71. The molecule has 2 heterocycles. The molecule has 0 amide bonds. The third-order valence-electron chi connectivity index (χ3n) is 4.05. The van der Waals surface area contributed by atoms with Gasteiger partial charge in [0.05, 0.1) is 7.11 Å². The van der Waals surface area contributed by atoms with Gasteiger partial charge in [-0.15, -0.1) is 0 Å². The van der Waals surface area contributed by atoms with Crippen molar-refractivity contribution in [3.63, 3.8) is 0 Å². The van der Waals surface area contributed by atoms with Crippen molar-refractivity contribution < 1.29 is 4.74 Å². The molecular weight excluding hydrogens is 198 g/mol. The summed E-state index contributed by atoms with van der Waals surface area (Å²) < 4.78 is 5.47. The summed E-state index contributed by atoms with van der Waals surface area (Å²) in [5, 5.41) is 3.69. The normalized spacial score (nSPS) is 32.7. The Morgan fingerprint density at radius 2 is 1.81 bits per heavy atom. The van der Waals surface area contributed by atoms with Crippen LogP contribution in [0, 0.1) is 0 Å². The number of benzene rings is 1. The van der Waals surface area contributed by atoms with Gasteiger partial charge in [0.2, 0.25) is 0 Å². The van der Waals surface area contributed by atoms with Gasteiger partial charge in [-0.25, -0.2) is 0 Å². The van der Waals surface area contributed by atoms with Crippen molar-refractivity contribution >= 4 is 0 Å². The molecule has 1 N–H and O–H groups in total. The SMILES string of the molecule is COc1ccccc1[C@H]1C[C@H]2CC[C@@H](C1)N2. The molecule has 0 spiro atoms. The molecule has 1 aromatic carbocycles. The van der Waals surface area contributed by atoms with Gasteiger partial charge in [0.25, 0.3) is 0 Å². The third-order valence-corrected chi connectivity index (χ3v) is 4.05. The molecule has 2 aliphatic rings. The smallest absolute Gasteiger partial charge is 0.122 e. The fraction of sp³-hybridized carbons (Fsp3) is 0.571. The largest absolute Gasteiger partial charge is 0.496 e. The number of methoxy groups -OCH3 is 1. The first kappa shape index (κ1) is 10.2. The van der Waals surface area contributed by atoms with Crippen LogP contribution in [0.1, 0.15) is 37.2 Å². The van der Waals surface area contributed by atoms with Gasteiger partial charge in [0.1, 0.15) is 5.75 Å². The Balaban J connectivity index is 1.86. The lowest BCUT2D eigenvalue weighted by Gasteiger charge is -2.30. The van der Waals surface area contributed by atoms with Gasteiger partial charge >= 0.3 is 0 Å². The molecule has 3 rings (SSSR count). The summed E-state index contributed by atoms with van der Waals surface area (Å²) in [4.78, 5) is 0. The highest BCUT2D eigenvalue weighted by molar-refractivity contribution is 5.37. The Kier molecular flexibility index (Phi) is 2.60. The molecule has 0 unspecified atom stereocenters. The van der Waals surface area contributed by atoms with Crippen molar-refractivity contribution in [2.45, 2.75) is 43.7 Å². The Bertz CT molecular complexity index is 365. The molecule has 0 radical (unpaired) electrons. The Hall–Kier alpha value is -1.02. The zero-order valence-corrected chi connectivity index (χ0v) is 9.78. The summed E-state index contributed by atoms with van der Waals surface area (Å²) >= 11 is 0. The van der Waals surface area contributed by atoms with E-state index < -0.39 is 0 Å². The van der Waals surface area contributed by atoms with Gasteiger partial charge in [-0.05, 0) is 43.2 Å². The molecule has 2 heteroatoms. The second kappa shape index (κ2) is 4.10. The summed E-state index contributed by atoms with van der Waals surface area (Å²) in [6, 6.07) is 9.98. The van der Waals surface area contributed by atoms with Crippen LogP contribution in [0.3, 0.4) is 0 Å². The van der Waals surface area contributed by atoms with Crippen molar-refractivity contribution in [3.05, 3.63) is 29.8 Å². The van der Waals surface area contributed by atoms with Crippen molar-refractivity contribution in [3.8, 4) is 5.75 Å². The Morgan fingerprint density at radius 3 is 2.50 bits per heavy atom. The van der Waals surface area contributed by atoms with Crippen LogP contribution < -0.4 is 10.1 Å². The zero-order valence-electron chi connectivity index (χ0n) is 9.78. The van der Waals surface area contributed by atoms with Crippen LogP contribution in [0.5, 0.6) is 5.75 Å². The van der Waals surface area contributed by atoms with Crippen molar-refractivity contribution in [1.29, 1.82) is 0 Å². The molecule has 86 valence electrons. The molecule has 16 heavy (non-hydrogen) atoms. The van der Waals surface area contributed by atoms with E-state index in [0.29, 0.717) is 5.92 Å². The summed E-state index contributed by atoms with van der Waals surface area (Å²) in [5.41, 5.74) is 1.41. The molecule has 2 fully saturated rings. The van der Waals surface area contributed by atoms with E-state index in [1.54, 1.807) is 7.11 Å². The van der Waals surface area contributed by atoms with Crippen LogP contribution in [0.4, 0.5) is 0 Å². The highest BCUT2D eigenvalue weighted by Crippen LogP contribution is 2.40. The monoisotopic (exact) mass is 217 g/mol. The van der Waals surface area contributed by atoms with Crippen molar-refractivity contribution in [2.75, 3.05) is 7.11 Å². The van der Waals surface area contributed by atoms with E-state index >= 15 is 0 Å². The molecule has 2 aliphatic heterocycles. The number of fused-ring (bicyclic) bond motifs is 2.